The Labute approximate surface area is 165 Å². The number of carboxylic acid groups (broad SMARTS) is 1. The quantitative estimate of drug-likeness (QED) is 0.644. The van der Waals surface area contributed by atoms with E-state index in [0.717, 1.165) is 17.0 Å². The maximum Gasteiger partial charge on any atom is 1.00 e. The third-order valence-corrected chi connectivity index (χ3v) is 3.31. The summed E-state index contributed by atoms with van der Waals surface area (Å²) in [4.78, 5) is 11.3. The molecule has 0 saturated carbocycles. The van der Waals surface area contributed by atoms with Gasteiger partial charge in [0.2, 0.25) is 0 Å². The Hall–Kier alpha value is -0.984. The van der Waals surface area contributed by atoms with Crippen LogP contribution in [0.3, 0.4) is 0 Å². The van der Waals surface area contributed by atoms with Crippen LogP contribution in [0.4, 0.5) is 5.69 Å². The molecule has 1 atom stereocenters. The summed E-state index contributed by atoms with van der Waals surface area (Å²) in [6.07, 6.45) is 0.348. The first-order valence-corrected chi connectivity index (χ1v) is 6.44. The minimum atomic E-state index is -1.11. The van der Waals surface area contributed by atoms with Gasteiger partial charge in [-0.15, -0.1) is 0 Å². The Morgan fingerprint density at radius 1 is 1.05 bits per heavy atom. The van der Waals surface area contributed by atoms with Crippen LogP contribution in [0.5, 0.6) is 0 Å². The van der Waals surface area contributed by atoms with E-state index in [1.807, 2.05) is 60.7 Å². The van der Waals surface area contributed by atoms with Gasteiger partial charge < -0.3 is 9.90 Å². The molecule has 1 heterocycles. The van der Waals surface area contributed by atoms with Crippen LogP contribution in [-0.4, -0.2) is 17.7 Å². The maximum atomic E-state index is 11.3. The summed E-state index contributed by atoms with van der Waals surface area (Å²) in [7, 11) is 0. The molecule has 0 fully saturated rings. The van der Waals surface area contributed by atoms with E-state index in [1.54, 1.807) is 0 Å². The van der Waals surface area contributed by atoms with Crippen molar-refractivity contribution < 1.29 is 61.3 Å². The van der Waals surface area contributed by atoms with Gasteiger partial charge in [0.15, 0.2) is 0 Å². The Morgan fingerprint density at radius 3 is 2.19 bits per heavy atom. The van der Waals surface area contributed by atoms with Crippen molar-refractivity contribution in [1.82, 2.24) is 0 Å². The average Bonchev–Trinajstić information content (AvgIpc) is 2.94. The van der Waals surface area contributed by atoms with E-state index in [2.05, 4.69) is 5.10 Å². The Kier molecular flexibility index (Phi) is 5.72. The molecule has 0 saturated heterocycles. The Bertz CT molecular complexity index is 644. The van der Waals surface area contributed by atoms with Crippen molar-refractivity contribution in [3.05, 3.63) is 66.2 Å². The average molecular weight is 304 g/mol. The number of aliphatic carboxylic acids is 1. The molecule has 0 spiro atoms. The van der Waals surface area contributed by atoms with Gasteiger partial charge in [-0.25, -0.2) is 0 Å². The van der Waals surface area contributed by atoms with Gasteiger partial charge in [-0.3, -0.25) is 5.01 Å². The zero-order valence-electron chi connectivity index (χ0n) is 11.8. The van der Waals surface area contributed by atoms with Crippen molar-refractivity contribution in [1.29, 1.82) is 0 Å². The van der Waals surface area contributed by atoms with Gasteiger partial charge in [0.25, 0.3) is 0 Å². The van der Waals surface area contributed by atoms with Gasteiger partial charge in [-0.1, -0.05) is 48.5 Å². The van der Waals surface area contributed by atoms with Crippen LogP contribution < -0.4 is 61.5 Å². The van der Waals surface area contributed by atoms with Crippen molar-refractivity contribution in [2.45, 2.75) is 12.5 Å². The summed E-state index contributed by atoms with van der Waals surface area (Å²) in [6, 6.07) is 18.1. The molecule has 21 heavy (non-hydrogen) atoms. The van der Waals surface area contributed by atoms with Crippen molar-refractivity contribution in [2.24, 2.45) is 5.10 Å². The van der Waals surface area contributed by atoms with Crippen LogP contribution in [0.15, 0.2) is 65.8 Å². The summed E-state index contributed by atoms with van der Waals surface area (Å²) in [5.41, 5.74) is 2.47. The summed E-state index contributed by atoms with van der Waals surface area (Å²) >= 11 is 0. The van der Waals surface area contributed by atoms with Gasteiger partial charge in [0.05, 0.1) is 23.4 Å². The van der Waals surface area contributed by atoms with Crippen LogP contribution >= 0.6 is 0 Å². The van der Waals surface area contributed by atoms with Crippen LogP contribution in [-0.2, 0) is 4.79 Å². The molecule has 3 rings (SSSR count). The van der Waals surface area contributed by atoms with Gasteiger partial charge >= 0.3 is 51.4 Å². The number of hydrazone groups is 1. The largest absolute Gasteiger partial charge is 1.00 e. The standard InChI is InChI=1S/C16H14N2O2.K/c19-16(20)15-11-14(12-7-3-1-4-8-12)17-18(15)13-9-5-2-6-10-13;/h1-10,15H,11H2,(H,19,20);/q;+1/p-1. The Morgan fingerprint density at radius 2 is 1.62 bits per heavy atom. The number of anilines is 1. The Balaban J connectivity index is 0.00000161. The fourth-order valence-corrected chi connectivity index (χ4v) is 2.32. The molecule has 2 aromatic rings. The molecule has 0 N–H and O–H groups in total. The zero-order valence-corrected chi connectivity index (χ0v) is 14.9. The van der Waals surface area contributed by atoms with Gasteiger partial charge in [-0.05, 0) is 17.7 Å². The van der Waals surface area contributed by atoms with Crippen LogP contribution in [0.2, 0.25) is 0 Å². The number of hydrogen-bond acceptors (Lipinski definition) is 4. The van der Waals surface area contributed by atoms with Crippen LogP contribution in [0.25, 0.3) is 0 Å². The molecule has 100 valence electrons. The molecule has 2 aromatic carbocycles. The molecular formula is C16H13KN2O2. The molecule has 1 aliphatic rings. The molecule has 0 bridgehead atoms. The number of carbonyl (C=O) groups is 1. The monoisotopic (exact) mass is 304 g/mol. The first kappa shape index (κ1) is 16.4. The number of benzene rings is 2. The molecule has 1 aliphatic heterocycles. The molecule has 4 nitrogen and oxygen atoms in total. The zero-order chi connectivity index (χ0) is 13.9. The van der Waals surface area contributed by atoms with Crippen molar-refractivity contribution in [3.8, 4) is 0 Å². The predicted molar refractivity (Wildman–Crippen MR) is 75.3 cm³/mol. The minimum absolute atomic E-state index is 0. The van der Waals surface area contributed by atoms with E-state index >= 15 is 0 Å². The van der Waals surface area contributed by atoms with E-state index in [4.69, 9.17) is 0 Å². The van der Waals surface area contributed by atoms with E-state index in [1.165, 1.54) is 5.01 Å². The third-order valence-electron chi connectivity index (χ3n) is 3.31. The first-order chi connectivity index (χ1) is 9.75. The third kappa shape index (κ3) is 3.62. The number of carbonyl (C=O) groups excluding carboxylic acids is 1. The molecule has 5 heteroatoms. The van der Waals surface area contributed by atoms with Gasteiger partial charge in [0, 0.05) is 6.42 Å². The van der Waals surface area contributed by atoms with Crippen molar-refractivity contribution in [3.63, 3.8) is 0 Å². The molecular weight excluding hydrogens is 291 g/mol. The van der Waals surface area contributed by atoms with E-state index < -0.39 is 12.0 Å². The summed E-state index contributed by atoms with van der Waals surface area (Å²) in [6.45, 7) is 0. The SMILES string of the molecule is O=C([O-])C1CC(c2ccccc2)=NN1c1ccccc1.[K+]. The fraction of sp³-hybridized carbons (Fsp3) is 0.125. The second-order valence-electron chi connectivity index (χ2n) is 4.63. The first-order valence-electron chi connectivity index (χ1n) is 6.44. The summed E-state index contributed by atoms with van der Waals surface area (Å²) in [5, 5.41) is 17.3. The smallest absolute Gasteiger partial charge is 0.548 e. The van der Waals surface area contributed by atoms with Crippen LogP contribution in [0.1, 0.15) is 12.0 Å². The molecule has 0 amide bonds. The minimum Gasteiger partial charge on any atom is -0.548 e. The van der Waals surface area contributed by atoms with E-state index in [9.17, 15) is 9.90 Å². The maximum absolute atomic E-state index is 11.3. The van der Waals surface area contributed by atoms with Crippen molar-refractivity contribution in [2.75, 3.05) is 5.01 Å². The van der Waals surface area contributed by atoms with E-state index in [-0.39, 0.29) is 51.4 Å². The number of rotatable bonds is 3. The van der Waals surface area contributed by atoms with E-state index in [0.29, 0.717) is 6.42 Å². The fourth-order valence-electron chi connectivity index (χ4n) is 2.32. The van der Waals surface area contributed by atoms with Gasteiger partial charge in [-0.2, -0.15) is 5.10 Å². The van der Waals surface area contributed by atoms with Crippen molar-refractivity contribution >= 4 is 17.4 Å². The second kappa shape index (κ2) is 7.33. The molecule has 0 aromatic heterocycles. The predicted octanol–water partition coefficient (Wildman–Crippen LogP) is -1.58. The second-order valence-corrected chi connectivity index (χ2v) is 4.63. The van der Waals surface area contributed by atoms with Gasteiger partial charge in [0.1, 0.15) is 0 Å². The number of nitrogens with zero attached hydrogens (tertiary/aromatic N) is 2. The molecule has 0 radical (unpaired) electrons. The molecule has 1 unspecified atom stereocenters. The topological polar surface area (TPSA) is 55.7 Å². The summed E-state index contributed by atoms with van der Waals surface area (Å²) in [5.74, 6) is -1.11. The molecule has 0 aliphatic carbocycles. The normalized spacial score (nSPS) is 17.0. The number of carboxylic acids is 1. The summed E-state index contributed by atoms with van der Waals surface area (Å²) < 4.78 is 0. The number of para-hydroxylation sites is 1. The number of hydrogen-bond donors (Lipinski definition) is 0. The van der Waals surface area contributed by atoms with Crippen LogP contribution in [0, 0.1) is 0 Å².